The lowest BCUT2D eigenvalue weighted by atomic mass is 10.1. The molecular weight excluding hydrogens is 483 g/mol. The van der Waals surface area contributed by atoms with Crippen LogP contribution in [0.1, 0.15) is 21.5 Å². The van der Waals surface area contributed by atoms with Gasteiger partial charge in [0.15, 0.2) is 9.84 Å². The lowest BCUT2D eigenvalue weighted by Gasteiger charge is -2.25. The van der Waals surface area contributed by atoms with E-state index >= 15 is 0 Å². The first-order valence-corrected chi connectivity index (χ1v) is 12.0. The summed E-state index contributed by atoms with van der Waals surface area (Å²) in [6.07, 6.45) is -0.672. The molecule has 0 saturated carbocycles. The van der Waals surface area contributed by atoms with E-state index in [2.05, 4.69) is 15.0 Å². The lowest BCUT2D eigenvalue weighted by Crippen LogP contribution is -2.32. The number of anilines is 2. The number of benzene rings is 1. The van der Waals surface area contributed by atoms with E-state index in [1.54, 1.807) is 18.2 Å². The maximum atomic E-state index is 13.5. The third kappa shape index (κ3) is 5.22. The van der Waals surface area contributed by atoms with Crippen molar-refractivity contribution in [2.75, 3.05) is 16.9 Å². The quantitative estimate of drug-likeness (QED) is 0.441. The largest absolute Gasteiger partial charge is 0.417 e. The van der Waals surface area contributed by atoms with Gasteiger partial charge >= 0.3 is 6.18 Å². The molecule has 2 N–H and O–H groups in total. The van der Waals surface area contributed by atoms with Crippen molar-refractivity contribution < 1.29 is 26.4 Å². The first-order chi connectivity index (χ1) is 16.4. The van der Waals surface area contributed by atoms with Crippen molar-refractivity contribution >= 4 is 38.3 Å². The summed E-state index contributed by atoms with van der Waals surface area (Å²) in [5.74, 6) is -0.623. The monoisotopic (exact) mass is 501 g/mol. The molecule has 180 valence electrons. The summed E-state index contributed by atoms with van der Waals surface area (Å²) in [6.45, 7) is -0.207. The van der Waals surface area contributed by atoms with Crippen LogP contribution in [0.15, 0.2) is 72.0 Å². The Morgan fingerprint density at radius 2 is 1.77 bits per heavy atom. The van der Waals surface area contributed by atoms with Crippen LogP contribution >= 0.6 is 0 Å². The van der Waals surface area contributed by atoms with Gasteiger partial charge in [-0.25, -0.2) is 13.4 Å². The van der Waals surface area contributed by atoms with Crippen molar-refractivity contribution in [2.45, 2.75) is 17.6 Å². The second-order valence-corrected chi connectivity index (χ2v) is 9.69. The summed E-state index contributed by atoms with van der Waals surface area (Å²) in [6, 6.07) is 11.3. The van der Waals surface area contributed by atoms with Crippen molar-refractivity contribution in [2.24, 2.45) is 0 Å². The molecule has 0 radical (unpaired) electrons. The van der Waals surface area contributed by atoms with Crippen molar-refractivity contribution in [1.29, 1.82) is 0 Å². The lowest BCUT2D eigenvalue weighted by molar-refractivity contribution is -0.137. The normalized spacial score (nSPS) is 12.0. The number of pyridine rings is 3. The number of aromatic nitrogens is 3. The predicted octanol–water partition coefficient (Wildman–Crippen LogP) is 3.88. The molecular formula is C23H18F3N5O3S. The first-order valence-electron chi connectivity index (χ1n) is 10.1. The number of amides is 1. The average molecular weight is 501 g/mol. The number of nitrogens with zero attached hydrogens (tertiary/aromatic N) is 4. The minimum atomic E-state index is -4.72. The Hall–Kier alpha value is -4.06. The standard InChI is InChI=1S/C23H18F3N5O3S/c1-35(33,34)20-5-3-2-4-19(20)31(22(32)15-9-16(12-28-11-15)23(24,25)26)13-14-8-18-17(29-10-14)6-7-21(27)30-18/h2-12H,13H2,1H3,(H2,27,30). The van der Waals surface area contributed by atoms with Gasteiger partial charge in [0.25, 0.3) is 5.91 Å². The molecule has 0 unspecified atom stereocenters. The van der Waals surface area contributed by atoms with E-state index < -0.39 is 27.5 Å². The minimum absolute atomic E-state index is 0.00181. The number of fused-ring (bicyclic) bond motifs is 1. The van der Waals surface area contributed by atoms with E-state index in [1.807, 2.05) is 0 Å². The molecule has 12 heteroatoms. The Morgan fingerprint density at radius 3 is 2.49 bits per heavy atom. The smallest absolute Gasteiger partial charge is 0.384 e. The Bertz CT molecular complexity index is 1540. The number of hydrogen-bond acceptors (Lipinski definition) is 7. The number of hydrogen-bond donors (Lipinski definition) is 1. The second-order valence-electron chi connectivity index (χ2n) is 7.71. The van der Waals surface area contributed by atoms with Crippen LogP contribution in [0.25, 0.3) is 11.0 Å². The Balaban J connectivity index is 1.85. The van der Waals surface area contributed by atoms with Crippen molar-refractivity contribution in [3.05, 3.63) is 83.8 Å². The maximum Gasteiger partial charge on any atom is 0.417 e. The average Bonchev–Trinajstić information content (AvgIpc) is 2.81. The number of carbonyl (C=O) groups excluding carboxylic acids is 1. The van der Waals surface area contributed by atoms with Crippen LogP contribution in [0.4, 0.5) is 24.7 Å². The molecule has 0 fully saturated rings. The highest BCUT2D eigenvalue weighted by Gasteiger charge is 2.32. The topological polar surface area (TPSA) is 119 Å². The van der Waals surface area contributed by atoms with Gasteiger partial charge in [-0.15, -0.1) is 0 Å². The summed E-state index contributed by atoms with van der Waals surface area (Å²) in [5.41, 5.74) is 5.70. The van der Waals surface area contributed by atoms with Gasteiger partial charge in [0, 0.05) is 24.8 Å². The number of nitrogen functional groups attached to an aromatic ring is 1. The Kier molecular flexibility index (Phi) is 6.15. The van der Waals surface area contributed by atoms with Crippen LogP contribution in [-0.2, 0) is 22.6 Å². The van der Waals surface area contributed by atoms with E-state index in [9.17, 15) is 26.4 Å². The van der Waals surface area contributed by atoms with Crippen LogP contribution in [0.3, 0.4) is 0 Å². The van der Waals surface area contributed by atoms with Gasteiger partial charge in [0.05, 0.1) is 39.3 Å². The number of rotatable bonds is 5. The van der Waals surface area contributed by atoms with Crippen LogP contribution < -0.4 is 10.6 Å². The molecule has 1 amide bonds. The van der Waals surface area contributed by atoms with E-state index in [0.717, 1.165) is 17.4 Å². The third-order valence-corrected chi connectivity index (χ3v) is 6.21. The molecule has 3 aromatic heterocycles. The van der Waals surface area contributed by atoms with Gasteiger partial charge in [0.1, 0.15) is 5.82 Å². The highest BCUT2D eigenvalue weighted by molar-refractivity contribution is 7.90. The molecule has 0 atom stereocenters. The van der Waals surface area contributed by atoms with Crippen LogP contribution in [-0.4, -0.2) is 35.5 Å². The van der Waals surface area contributed by atoms with Crippen molar-refractivity contribution in [1.82, 2.24) is 15.0 Å². The van der Waals surface area contributed by atoms with Crippen molar-refractivity contribution in [3.8, 4) is 0 Å². The SMILES string of the molecule is CS(=O)(=O)c1ccccc1N(Cc1cnc2ccc(N)nc2c1)C(=O)c1cncc(C(F)(F)F)c1. The number of alkyl halides is 3. The summed E-state index contributed by atoms with van der Waals surface area (Å²) in [5, 5.41) is 0. The molecule has 0 bridgehead atoms. The minimum Gasteiger partial charge on any atom is -0.384 e. The zero-order chi connectivity index (χ0) is 25.4. The molecule has 0 aliphatic heterocycles. The molecule has 8 nitrogen and oxygen atoms in total. The van der Waals surface area contributed by atoms with Crippen LogP contribution in [0.2, 0.25) is 0 Å². The summed E-state index contributed by atoms with van der Waals surface area (Å²) in [7, 11) is -3.79. The number of sulfone groups is 1. The molecule has 0 aliphatic rings. The maximum absolute atomic E-state index is 13.5. The van der Waals surface area contributed by atoms with Gasteiger partial charge in [0.2, 0.25) is 0 Å². The van der Waals surface area contributed by atoms with E-state index in [-0.39, 0.29) is 28.5 Å². The highest BCUT2D eigenvalue weighted by Crippen LogP contribution is 2.31. The van der Waals surface area contributed by atoms with Gasteiger partial charge in [-0.3, -0.25) is 14.8 Å². The predicted molar refractivity (Wildman–Crippen MR) is 123 cm³/mol. The molecule has 35 heavy (non-hydrogen) atoms. The Labute approximate surface area is 198 Å². The summed E-state index contributed by atoms with van der Waals surface area (Å²) < 4.78 is 64.6. The molecule has 1 aromatic carbocycles. The second kappa shape index (κ2) is 8.95. The highest BCUT2D eigenvalue weighted by atomic mass is 32.2. The van der Waals surface area contributed by atoms with Crippen LogP contribution in [0.5, 0.6) is 0 Å². The summed E-state index contributed by atoms with van der Waals surface area (Å²) in [4.78, 5) is 26.4. The molecule has 0 aliphatic carbocycles. The Morgan fingerprint density at radius 1 is 1.03 bits per heavy atom. The molecule has 0 spiro atoms. The van der Waals surface area contributed by atoms with E-state index in [0.29, 0.717) is 28.9 Å². The fourth-order valence-corrected chi connectivity index (χ4v) is 4.34. The van der Waals surface area contributed by atoms with E-state index in [1.165, 1.54) is 30.5 Å². The molecule has 4 rings (SSSR count). The molecule has 3 heterocycles. The fourth-order valence-electron chi connectivity index (χ4n) is 3.46. The van der Waals surface area contributed by atoms with Crippen LogP contribution in [0, 0.1) is 0 Å². The zero-order valence-electron chi connectivity index (χ0n) is 18.2. The van der Waals surface area contributed by atoms with Crippen molar-refractivity contribution in [3.63, 3.8) is 0 Å². The molecule has 0 saturated heterocycles. The third-order valence-electron chi connectivity index (χ3n) is 5.07. The van der Waals surface area contributed by atoms with E-state index in [4.69, 9.17) is 5.73 Å². The van der Waals surface area contributed by atoms with Gasteiger partial charge in [-0.2, -0.15) is 13.2 Å². The summed E-state index contributed by atoms with van der Waals surface area (Å²) >= 11 is 0. The zero-order valence-corrected chi connectivity index (χ0v) is 19.0. The van der Waals surface area contributed by atoms with Gasteiger partial charge in [-0.05, 0) is 42.0 Å². The first kappa shape index (κ1) is 24.1. The van der Waals surface area contributed by atoms with Gasteiger partial charge in [-0.1, -0.05) is 12.1 Å². The number of halogens is 3. The number of nitrogens with two attached hydrogens (primary N) is 1. The van der Waals surface area contributed by atoms with Gasteiger partial charge < -0.3 is 10.6 Å². The molecule has 4 aromatic rings. The fraction of sp³-hybridized carbons (Fsp3) is 0.130. The number of carbonyl (C=O) groups is 1. The number of para-hydroxylation sites is 1.